The minimum Gasteiger partial charge on any atom is -0.358 e. The first kappa shape index (κ1) is 15.1. The third-order valence-corrected chi connectivity index (χ3v) is 5.08. The highest BCUT2D eigenvalue weighted by Gasteiger charge is 2.11. The van der Waals surface area contributed by atoms with Crippen molar-refractivity contribution in [3.63, 3.8) is 0 Å². The van der Waals surface area contributed by atoms with Crippen LogP contribution < -0.4 is 5.32 Å². The van der Waals surface area contributed by atoms with Crippen molar-refractivity contribution in [2.45, 2.75) is 6.67 Å². The second-order valence-corrected chi connectivity index (χ2v) is 6.70. The molecule has 4 aromatic rings. The lowest BCUT2D eigenvalue weighted by Crippen LogP contribution is -2.24. The molecule has 4 rings (SSSR count). The average Bonchev–Trinajstić information content (AvgIpc) is 3.28. The maximum Gasteiger partial charge on any atom is 0.125 e. The van der Waals surface area contributed by atoms with Crippen LogP contribution >= 0.6 is 23.6 Å². The summed E-state index contributed by atoms with van der Waals surface area (Å²) in [6.45, 7) is 0.625. The number of nitrogens with one attached hydrogen (secondary N) is 1. The zero-order chi connectivity index (χ0) is 16.4. The van der Waals surface area contributed by atoms with Gasteiger partial charge >= 0.3 is 0 Å². The zero-order valence-corrected chi connectivity index (χ0v) is 14.5. The molecule has 0 amide bonds. The third-order valence-electron chi connectivity index (χ3n) is 3.90. The van der Waals surface area contributed by atoms with Crippen molar-refractivity contribution in [1.29, 1.82) is 0 Å². The predicted octanol–water partition coefficient (Wildman–Crippen LogP) is 4.69. The molecule has 0 radical (unpaired) electrons. The molecule has 0 aliphatic carbocycles. The highest BCUT2D eigenvalue weighted by molar-refractivity contribution is 7.80. The van der Waals surface area contributed by atoms with Gasteiger partial charge in [-0.15, -0.1) is 11.3 Å². The first-order chi connectivity index (χ1) is 11.8. The lowest BCUT2D eigenvalue weighted by atomic mass is 10.2. The molecule has 0 spiro atoms. The Labute approximate surface area is 149 Å². The molecule has 0 bridgehead atoms. The van der Waals surface area contributed by atoms with Gasteiger partial charge in [-0.1, -0.05) is 60.7 Å². The van der Waals surface area contributed by atoms with Crippen molar-refractivity contribution < 1.29 is 0 Å². The molecule has 2 aromatic heterocycles. The summed E-state index contributed by atoms with van der Waals surface area (Å²) in [6.07, 6.45) is 3.99. The highest BCUT2D eigenvalue weighted by Crippen LogP contribution is 2.31. The molecule has 2 heterocycles. The fraction of sp³-hybridized carbons (Fsp3) is 0.0526. The number of nitrogens with zero attached hydrogens (tertiary/aromatic N) is 2. The number of thiocarbonyl (C=S) groups is 1. The van der Waals surface area contributed by atoms with Crippen LogP contribution in [0.4, 0.5) is 0 Å². The second-order valence-electron chi connectivity index (χ2n) is 5.40. The van der Waals surface area contributed by atoms with E-state index in [4.69, 9.17) is 12.2 Å². The molecule has 24 heavy (non-hydrogen) atoms. The first-order valence-corrected chi connectivity index (χ1v) is 8.93. The molecular formula is C19H15N3S2. The number of aromatic nitrogens is 2. The zero-order valence-electron chi connectivity index (χ0n) is 12.8. The van der Waals surface area contributed by atoms with Crippen LogP contribution in [0.1, 0.15) is 5.56 Å². The number of hydrogen-bond acceptors (Lipinski definition) is 3. The summed E-state index contributed by atoms with van der Waals surface area (Å²) in [5.41, 5.74) is 3.36. The standard InChI is InChI=1S/C19H15N3S2/c23-18(14-6-2-1-3-7-14)21-13-22-12-16(19-20-10-11-24-19)15-8-4-5-9-17(15)22/h1-12H,13H2,(H,21,23). The van der Waals surface area contributed by atoms with E-state index in [1.165, 1.54) is 10.9 Å². The number of para-hydroxylation sites is 1. The van der Waals surface area contributed by atoms with Gasteiger partial charge in [0.2, 0.25) is 0 Å². The van der Waals surface area contributed by atoms with Gasteiger partial charge in [0.1, 0.15) is 10.00 Å². The normalized spacial score (nSPS) is 10.8. The molecule has 118 valence electrons. The number of rotatable bonds is 4. The first-order valence-electron chi connectivity index (χ1n) is 7.64. The van der Waals surface area contributed by atoms with Crippen LogP contribution in [0.25, 0.3) is 21.5 Å². The van der Waals surface area contributed by atoms with E-state index in [1.54, 1.807) is 11.3 Å². The van der Waals surface area contributed by atoms with Gasteiger partial charge in [0, 0.05) is 34.3 Å². The van der Waals surface area contributed by atoms with E-state index in [0.29, 0.717) is 6.67 Å². The van der Waals surface area contributed by atoms with Crippen molar-refractivity contribution in [3.05, 3.63) is 77.9 Å². The van der Waals surface area contributed by atoms with Gasteiger partial charge in [-0.05, 0) is 6.07 Å². The van der Waals surface area contributed by atoms with Gasteiger partial charge in [-0.3, -0.25) is 0 Å². The van der Waals surface area contributed by atoms with Gasteiger partial charge in [-0.2, -0.15) is 0 Å². The van der Waals surface area contributed by atoms with Crippen LogP contribution in [0.3, 0.4) is 0 Å². The maximum absolute atomic E-state index is 5.49. The van der Waals surface area contributed by atoms with Crippen molar-refractivity contribution in [2.24, 2.45) is 0 Å². The monoisotopic (exact) mass is 349 g/mol. The number of benzene rings is 2. The summed E-state index contributed by atoms with van der Waals surface area (Å²) in [5, 5.41) is 7.59. The lowest BCUT2D eigenvalue weighted by molar-refractivity contribution is 0.695. The largest absolute Gasteiger partial charge is 0.358 e. The van der Waals surface area contributed by atoms with Crippen LogP contribution in [0.2, 0.25) is 0 Å². The topological polar surface area (TPSA) is 29.9 Å². The molecule has 5 heteroatoms. The van der Waals surface area contributed by atoms with E-state index in [1.807, 2.05) is 41.9 Å². The molecule has 2 aromatic carbocycles. The Morgan fingerprint density at radius 3 is 2.67 bits per heavy atom. The van der Waals surface area contributed by atoms with Gasteiger partial charge in [0.05, 0.1) is 12.2 Å². The Balaban J connectivity index is 1.64. The molecule has 0 aliphatic heterocycles. The van der Waals surface area contributed by atoms with Crippen LogP contribution in [0, 0.1) is 0 Å². The Kier molecular flexibility index (Phi) is 4.11. The molecule has 0 aliphatic rings. The van der Waals surface area contributed by atoms with E-state index in [-0.39, 0.29) is 0 Å². The summed E-state index contributed by atoms with van der Waals surface area (Å²) in [7, 11) is 0. The third kappa shape index (κ3) is 2.84. The molecule has 0 fully saturated rings. The molecule has 0 saturated carbocycles. The molecule has 3 nitrogen and oxygen atoms in total. The lowest BCUT2D eigenvalue weighted by Gasteiger charge is -2.10. The van der Waals surface area contributed by atoms with E-state index < -0.39 is 0 Å². The summed E-state index contributed by atoms with van der Waals surface area (Å²) in [5.74, 6) is 0. The second kappa shape index (κ2) is 6.55. The maximum atomic E-state index is 5.49. The summed E-state index contributed by atoms with van der Waals surface area (Å²) >= 11 is 7.15. The quantitative estimate of drug-likeness (QED) is 0.542. The molecule has 0 saturated heterocycles. The number of fused-ring (bicyclic) bond motifs is 1. The van der Waals surface area contributed by atoms with Crippen molar-refractivity contribution >= 4 is 39.4 Å². The molecule has 1 N–H and O–H groups in total. The van der Waals surface area contributed by atoms with Crippen molar-refractivity contribution in [1.82, 2.24) is 14.9 Å². The molecule has 0 atom stereocenters. The van der Waals surface area contributed by atoms with Crippen LogP contribution in [0.5, 0.6) is 0 Å². The Hall–Kier alpha value is -2.50. The van der Waals surface area contributed by atoms with E-state index in [9.17, 15) is 0 Å². The minimum absolute atomic E-state index is 0.625. The number of hydrogen-bond donors (Lipinski definition) is 1. The Morgan fingerprint density at radius 1 is 1.08 bits per heavy atom. The number of thiazole rings is 1. The van der Waals surface area contributed by atoms with Crippen molar-refractivity contribution in [2.75, 3.05) is 0 Å². The van der Waals surface area contributed by atoms with Gasteiger partial charge in [0.25, 0.3) is 0 Å². The van der Waals surface area contributed by atoms with Crippen molar-refractivity contribution in [3.8, 4) is 10.6 Å². The van der Waals surface area contributed by atoms with Crippen LogP contribution in [0.15, 0.2) is 72.4 Å². The van der Waals surface area contributed by atoms with Gasteiger partial charge in [-0.25, -0.2) is 4.98 Å². The Morgan fingerprint density at radius 2 is 1.88 bits per heavy atom. The summed E-state index contributed by atoms with van der Waals surface area (Å²) in [6, 6.07) is 18.4. The minimum atomic E-state index is 0.625. The average molecular weight is 349 g/mol. The fourth-order valence-electron chi connectivity index (χ4n) is 2.75. The van der Waals surface area contributed by atoms with Gasteiger partial charge in [0.15, 0.2) is 0 Å². The SMILES string of the molecule is S=C(NCn1cc(-c2nccs2)c2ccccc21)c1ccccc1. The fourth-order valence-corrected chi connectivity index (χ4v) is 3.62. The molecular weight excluding hydrogens is 334 g/mol. The van der Waals surface area contributed by atoms with Crippen LogP contribution in [-0.2, 0) is 6.67 Å². The van der Waals surface area contributed by atoms with E-state index >= 15 is 0 Å². The summed E-state index contributed by atoms with van der Waals surface area (Å²) < 4.78 is 2.18. The van der Waals surface area contributed by atoms with E-state index in [2.05, 4.69) is 45.3 Å². The predicted molar refractivity (Wildman–Crippen MR) is 104 cm³/mol. The smallest absolute Gasteiger partial charge is 0.125 e. The van der Waals surface area contributed by atoms with Crippen LogP contribution in [-0.4, -0.2) is 14.5 Å². The summed E-state index contributed by atoms with van der Waals surface area (Å²) in [4.78, 5) is 5.21. The molecule has 0 unspecified atom stereocenters. The highest BCUT2D eigenvalue weighted by atomic mass is 32.1. The Bertz CT molecular complexity index is 972. The van der Waals surface area contributed by atoms with Gasteiger partial charge < -0.3 is 9.88 Å². The van der Waals surface area contributed by atoms with E-state index in [0.717, 1.165) is 21.1 Å².